The molecule has 1 atom stereocenters. The van der Waals surface area contributed by atoms with Crippen molar-refractivity contribution < 1.29 is 8.42 Å². The highest BCUT2D eigenvalue weighted by Crippen LogP contribution is 2.25. The third kappa shape index (κ3) is 3.32. The number of aryl methyl sites for hydroxylation is 1. The summed E-state index contributed by atoms with van der Waals surface area (Å²) in [5.74, 6) is 0.128. The van der Waals surface area contributed by atoms with Gasteiger partial charge in [-0.25, -0.2) is 13.1 Å². The largest absolute Gasteiger partial charge is 0.329 e. The SMILES string of the molecule is CCc1ccc(S(=O)(=O)NC(C)(CN)C(C)C)s1. The fourth-order valence-electron chi connectivity index (χ4n) is 1.45. The van der Waals surface area contributed by atoms with Crippen LogP contribution in [0.15, 0.2) is 16.3 Å². The zero-order valence-corrected chi connectivity index (χ0v) is 13.0. The molecule has 0 bridgehead atoms. The first-order chi connectivity index (χ1) is 8.25. The predicted molar refractivity (Wildman–Crippen MR) is 76.3 cm³/mol. The van der Waals surface area contributed by atoms with Crippen molar-refractivity contribution in [2.45, 2.75) is 43.9 Å². The number of hydrogen-bond acceptors (Lipinski definition) is 4. The molecule has 1 aromatic heterocycles. The Morgan fingerprint density at radius 2 is 2.06 bits per heavy atom. The van der Waals surface area contributed by atoms with Crippen LogP contribution in [0.2, 0.25) is 0 Å². The Balaban J connectivity index is 3.01. The second kappa shape index (κ2) is 5.69. The van der Waals surface area contributed by atoms with Gasteiger partial charge in [-0.1, -0.05) is 20.8 Å². The number of thiophene rings is 1. The second-order valence-electron chi connectivity index (χ2n) is 4.96. The molecule has 0 spiro atoms. The number of nitrogens with one attached hydrogen (secondary N) is 1. The zero-order valence-electron chi connectivity index (χ0n) is 11.4. The highest BCUT2D eigenvalue weighted by atomic mass is 32.2. The molecule has 0 saturated heterocycles. The molecule has 1 heterocycles. The van der Waals surface area contributed by atoms with Crippen LogP contribution < -0.4 is 10.5 Å². The third-order valence-corrected chi connectivity index (χ3v) is 6.65. The van der Waals surface area contributed by atoms with Crippen molar-refractivity contribution >= 4 is 21.4 Å². The van der Waals surface area contributed by atoms with Crippen molar-refractivity contribution in [3.63, 3.8) is 0 Å². The van der Waals surface area contributed by atoms with Gasteiger partial charge in [-0.05, 0) is 31.4 Å². The van der Waals surface area contributed by atoms with Crippen LogP contribution >= 0.6 is 11.3 Å². The molecule has 4 nitrogen and oxygen atoms in total. The van der Waals surface area contributed by atoms with Gasteiger partial charge in [-0.3, -0.25) is 0 Å². The molecule has 0 aliphatic heterocycles. The maximum Gasteiger partial charge on any atom is 0.250 e. The summed E-state index contributed by atoms with van der Waals surface area (Å²) in [7, 11) is -3.48. The van der Waals surface area contributed by atoms with E-state index in [1.54, 1.807) is 6.07 Å². The molecule has 18 heavy (non-hydrogen) atoms. The topological polar surface area (TPSA) is 72.2 Å². The second-order valence-corrected chi connectivity index (χ2v) is 8.03. The third-order valence-electron chi connectivity index (χ3n) is 3.32. The number of hydrogen-bond donors (Lipinski definition) is 2. The molecule has 1 aromatic rings. The van der Waals surface area contributed by atoms with E-state index >= 15 is 0 Å². The average molecular weight is 290 g/mol. The Kier molecular flexibility index (Phi) is 4.94. The van der Waals surface area contributed by atoms with E-state index in [9.17, 15) is 8.42 Å². The summed E-state index contributed by atoms with van der Waals surface area (Å²) in [6.45, 7) is 8.04. The van der Waals surface area contributed by atoms with Gasteiger partial charge in [-0.15, -0.1) is 11.3 Å². The van der Waals surface area contributed by atoms with Crippen molar-refractivity contribution in [2.75, 3.05) is 6.54 Å². The fourth-order valence-corrected chi connectivity index (χ4v) is 4.29. The molecule has 1 rings (SSSR count). The Hall–Kier alpha value is -0.430. The average Bonchev–Trinajstić information content (AvgIpc) is 2.77. The smallest absolute Gasteiger partial charge is 0.250 e. The summed E-state index contributed by atoms with van der Waals surface area (Å²) in [5, 5.41) is 0. The van der Waals surface area contributed by atoms with E-state index in [1.807, 2.05) is 33.8 Å². The highest BCUT2D eigenvalue weighted by molar-refractivity contribution is 7.91. The van der Waals surface area contributed by atoms with Gasteiger partial charge in [0.05, 0.1) is 0 Å². The molecular formula is C12H22N2O2S2. The molecule has 0 aliphatic rings. The predicted octanol–water partition coefficient (Wildman–Crippen LogP) is 1.96. The van der Waals surface area contributed by atoms with Gasteiger partial charge >= 0.3 is 0 Å². The molecule has 1 unspecified atom stereocenters. The van der Waals surface area contributed by atoms with Crippen LogP contribution in [-0.2, 0) is 16.4 Å². The monoisotopic (exact) mass is 290 g/mol. The van der Waals surface area contributed by atoms with Gasteiger partial charge in [0.1, 0.15) is 4.21 Å². The maximum atomic E-state index is 12.3. The van der Waals surface area contributed by atoms with Crippen LogP contribution in [-0.4, -0.2) is 20.5 Å². The molecule has 0 aromatic carbocycles. The quantitative estimate of drug-likeness (QED) is 0.841. The molecule has 0 amide bonds. The van der Waals surface area contributed by atoms with Crippen molar-refractivity contribution in [3.05, 3.63) is 17.0 Å². The Bertz CT molecular complexity index is 494. The van der Waals surface area contributed by atoms with E-state index in [-0.39, 0.29) is 12.5 Å². The molecule has 0 radical (unpaired) electrons. The summed E-state index contributed by atoms with van der Waals surface area (Å²) in [4.78, 5) is 1.06. The molecule has 0 saturated carbocycles. The van der Waals surface area contributed by atoms with E-state index in [1.165, 1.54) is 11.3 Å². The Labute approximate surface area is 114 Å². The fraction of sp³-hybridized carbons (Fsp3) is 0.667. The van der Waals surface area contributed by atoms with E-state index in [4.69, 9.17) is 5.73 Å². The number of nitrogens with two attached hydrogens (primary N) is 1. The molecule has 0 aliphatic carbocycles. The summed E-state index contributed by atoms with van der Waals surface area (Å²) in [5.41, 5.74) is 5.09. The van der Waals surface area contributed by atoms with Crippen LogP contribution in [0.25, 0.3) is 0 Å². The van der Waals surface area contributed by atoms with Crippen LogP contribution in [0, 0.1) is 5.92 Å². The normalized spacial score (nSPS) is 15.9. The highest BCUT2D eigenvalue weighted by Gasteiger charge is 2.33. The van der Waals surface area contributed by atoms with Crippen LogP contribution in [0.1, 0.15) is 32.6 Å². The maximum absolute atomic E-state index is 12.3. The van der Waals surface area contributed by atoms with Crippen molar-refractivity contribution in [2.24, 2.45) is 11.7 Å². The molecule has 104 valence electrons. The van der Waals surface area contributed by atoms with Gasteiger partial charge in [0.25, 0.3) is 10.0 Å². The number of rotatable bonds is 6. The lowest BCUT2D eigenvalue weighted by molar-refractivity contribution is 0.315. The van der Waals surface area contributed by atoms with Crippen LogP contribution in [0.4, 0.5) is 0 Å². The Morgan fingerprint density at radius 3 is 2.44 bits per heavy atom. The minimum absolute atomic E-state index is 0.128. The minimum atomic E-state index is -3.48. The summed E-state index contributed by atoms with van der Waals surface area (Å²) in [6.07, 6.45) is 0.846. The van der Waals surface area contributed by atoms with Crippen LogP contribution in [0.3, 0.4) is 0 Å². The van der Waals surface area contributed by atoms with E-state index in [0.29, 0.717) is 4.21 Å². The van der Waals surface area contributed by atoms with E-state index in [0.717, 1.165) is 11.3 Å². The van der Waals surface area contributed by atoms with Gasteiger partial charge < -0.3 is 5.73 Å². The minimum Gasteiger partial charge on any atom is -0.329 e. The van der Waals surface area contributed by atoms with Crippen LogP contribution in [0.5, 0.6) is 0 Å². The van der Waals surface area contributed by atoms with E-state index < -0.39 is 15.6 Å². The molecule has 6 heteroatoms. The summed E-state index contributed by atoms with van der Waals surface area (Å²) >= 11 is 1.31. The van der Waals surface area contributed by atoms with Crippen molar-refractivity contribution in [1.29, 1.82) is 0 Å². The first-order valence-corrected chi connectivity index (χ1v) is 8.38. The Morgan fingerprint density at radius 1 is 1.44 bits per heavy atom. The van der Waals surface area contributed by atoms with Crippen molar-refractivity contribution in [1.82, 2.24) is 4.72 Å². The zero-order chi connectivity index (χ0) is 14.0. The van der Waals surface area contributed by atoms with E-state index in [2.05, 4.69) is 4.72 Å². The lowest BCUT2D eigenvalue weighted by atomic mass is 9.90. The standard InChI is InChI=1S/C12H22N2O2S2/c1-5-10-6-7-11(17-10)18(15,16)14-12(4,8-13)9(2)3/h6-7,9,14H,5,8,13H2,1-4H3. The molecular weight excluding hydrogens is 268 g/mol. The van der Waals surface area contributed by atoms with Gasteiger partial charge in [0.15, 0.2) is 0 Å². The van der Waals surface area contributed by atoms with Gasteiger partial charge in [0, 0.05) is 17.0 Å². The van der Waals surface area contributed by atoms with Gasteiger partial charge in [0.2, 0.25) is 0 Å². The lowest BCUT2D eigenvalue weighted by Gasteiger charge is -2.32. The van der Waals surface area contributed by atoms with Gasteiger partial charge in [-0.2, -0.15) is 0 Å². The summed E-state index contributed by atoms with van der Waals surface area (Å²) < 4.78 is 27.7. The molecule has 3 N–H and O–H groups in total. The van der Waals surface area contributed by atoms with Crippen molar-refractivity contribution in [3.8, 4) is 0 Å². The molecule has 0 fully saturated rings. The first kappa shape index (κ1) is 15.6. The first-order valence-electron chi connectivity index (χ1n) is 6.08. The number of sulfonamides is 1. The lowest BCUT2D eigenvalue weighted by Crippen LogP contribution is -2.54. The summed E-state index contributed by atoms with van der Waals surface area (Å²) in [6, 6.07) is 3.51.